The molecule has 0 aliphatic carbocycles. The molecule has 9 heteroatoms. The Labute approximate surface area is 182 Å². The molecule has 0 unspecified atom stereocenters. The van der Waals surface area contributed by atoms with Gasteiger partial charge in [-0.05, 0) is 31.6 Å². The van der Waals surface area contributed by atoms with Gasteiger partial charge in [-0.1, -0.05) is 37.4 Å². The van der Waals surface area contributed by atoms with Gasteiger partial charge in [0.25, 0.3) is 0 Å². The number of rotatable bonds is 5. The van der Waals surface area contributed by atoms with Crippen molar-refractivity contribution >= 4 is 61.2 Å². The highest BCUT2D eigenvalue weighted by molar-refractivity contribution is 8.00. The summed E-state index contributed by atoms with van der Waals surface area (Å²) in [5, 5.41) is 2.60. The van der Waals surface area contributed by atoms with Crippen LogP contribution in [-0.4, -0.2) is 38.5 Å². The smallest absolute Gasteiger partial charge is 0.227 e. The Kier molecular flexibility index (Phi) is 5.52. The van der Waals surface area contributed by atoms with Gasteiger partial charge in [-0.25, -0.2) is 15.0 Å². The van der Waals surface area contributed by atoms with E-state index in [1.807, 2.05) is 6.26 Å². The number of carbonyl (C=O) groups is 1. The number of thioether (sulfide) groups is 2. The van der Waals surface area contributed by atoms with E-state index in [-0.39, 0.29) is 17.3 Å². The van der Waals surface area contributed by atoms with Gasteiger partial charge in [0, 0.05) is 17.4 Å². The van der Waals surface area contributed by atoms with E-state index in [1.165, 1.54) is 34.7 Å². The first-order chi connectivity index (χ1) is 13.7. The van der Waals surface area contributed by atoms with Gasteiger partial charge in [-0.3, -0.25) is 4.79 Å². The summed E-state index contributed by atoms with van der Waals surface area (Å²) in [6.07, 6.45) is 2.77. The molecule has 154 valence electrons. The van der Waals surface area contributed by atoms with Crippen molar-refractivity contribution in [1.82, 2.24) is 15.0 Å². The van der Waals surface area contributed by atoms with Crippen LogP contribution >= 0.6 is 34.9 Å². The molecule has 0 aromatic carbocycles. The predicted octanol–water partition coefficient (Wildman–Crippen LogP) is 4.51. The molecule has 0 saturated heterocycles. The Hall–Kier alpha value is -1.42. The van der Waals surface area contributed by atoms with Crippen molar-refractivity contribution in [3.8, 4) is 0 Å². The number of primary amides is 1. The molecule has 1 aliphatic rings. The standard InChI is InChI=1S/C20H24N4O2S3/c1-9(2)14-11-7-26-20(3,4)6-10(11)13-15-16(29-17(13)22-14)18(28-8-12(21)25)24-19(23-15)27-5/h9H,6-8H2,1-5H3,(H2,21,25). The molecular weight excluding hydrogens is 424 g/mol. The highest BCUT2D eigenvalue weighted by atomic mass is 32.2. The largest absolute Gasteiger partial charge is 0.370 e. The van der Waals surface area contributed by atoms with Crippen LogP contribution in [-0.2, 0) is 22.6 Å². The molecule has 6 nitrogen and oxygen atoms in total. The molecule has 0 spiro atoms. The molecule has 3 aromatic rings. The number of pyridine rings is 1. The highest BCUT2D eigenvalue weighted by Crippen LogP contribution is 2.44. The van der Waals surface area contributed by atoms with Crippen LogP contribution in [0.4, 0.5) is 0 Å². The second-order valence-corrected chi connectivity index (χ2v) is 10.8. The summed E-state index contributed by atoms with van der Waals surface area (Å²) in [5.41, 5.74) is 9.65. The van der Waals surface area contributed by atoms with E-state index in [0.29, 0.717) is 17.7 Å². The number of thiophene rings is 1. The van der Waals surface area contributed by atoms with Crippen molar-refractivity contribution in [1.29, 1.82) is 0 Å². The van der Waals surface area contributed by atoms with E-state index < -0.39 is 0 Å². The van der Waals surface area contributed by atoms with Crippen molar-refractivity contribution in [2.45, 2.75) is 62.4 Å². The zero-order valence-corrected chi connectivity index (χ0v) is 19.6. The van der Waals surface area contributed by atoms with Crippen LogP contribution in [0, 0.1) is 0 Å². The Morgan fingerprint density at radius 1 is 1.28 bits per heavy atom. The third-order valence-corrected chi connectivity index (χ3v) is 7.71. The molecule has 0 fully saturated rings. The number of fused-ring (bicyclic) bond motifs is 5. The van der Waals surface area contributed by atoms with E-state index in [2.05, 4.69) is 32.7 Å². The molecule has 1 amide bonds. The van der Waals surface area contributed by atoms with Gasteiger partial charge in [0.05, 0.1) is 33.9 Å². The molecule has 29 heavy (non-hydrogen) atoms. The van der Waals surface area contributed by atoms with Gasteiger partial charge in [0.1, 0.15) is 9.86 Å². The number of hydrogen-bond acceptors (Lipinski definition) is 8. The summed E-state index contributed by atoms with van der Waals surface area (Å²) in [7, 11) is 0. The zero-order valence-electron chi connectivity index (χ0n) is 17.2. The Balaban J connectivity index is 2.05. The maximum atomic E-state index is 11.3. The summed E-state index contributed by atoms with van der Waals surface area (Å²) in [4.78, 5) is 26.9. The van der Waals surface area contributed by atoms with Gasteiger partial charge >= 0.3 is 0 Å². The van der Waals surface area contributed by atoms with Crippen molar-refractivity contribution < 1.29 is 9.53 Å². The quantitative estimate of drug-likeness (QED) is 0.349. The van der Waals surface area contributed by atoms with Crippen molar-refractivity contribution in [2.75, 3.05) is 12.0 Å². The fourth-order valence-corrected chi connectivity index (χ4v) is 6.08. The fraction of sp³-hybridized carbons (Fsp3) is 0.500. The summed E-state index contributed by atoms with van der Waals surface area (Å²) in [6.45, 7) is 9.16. The van der Waals surface area contributed by atoms with Crippen LogP contribution in [0.1, 0.15) is 50.4 Å². The average molecular weight is 449 g/mol. The molecule has 2 N–H and O–H groups in total. The average Bonchev–Trinajstić information content (AvgIpc) is 3.03. The van der Waals surface area contributed by atoms with Crippen LogP contribution in [0.2, 0.25) is 0 Å². The zero-order chi connectivity index (χ0) is 20.9. The molecule has 0 radical (unpaired) electrons. The van der Waals surface area contributed by atoms with Gasteiger partial charge in [-0.15, -0.1) is 11.3 Å². The first-order valence-electron chi connectivity index (χ1n) is 9.45. The second kappa shape index (κ2) is 7.68. The van der Waals surface area contributed by atoms with Gasteiger partial charge < -0.3 is 10.5 Å². The molecule has 0 bridgehead atoms. The van der Waals surface area contributed by atoms with Crippen LogP contribution < -0.4 is 5.73 Å². The SMILES string of the molecule is CSc1nc(SCC(N)=O)c2sc3nc(C(C)C)c4c(c3c2n1)CC(C)(C)OC4. The van der Waals surface area contributed by atoms with E-state index in [0.717, 1.165) is 37.6 Å². The number of nitrogens with zero attached hydrogens (tertiary/aromatic N) is 3. The summed E-state index contributed by atoms with van der Waals surface area (Å²) >= 11 is 4.47. The molecular formula is C20H24N4O2S3. The second-order valence-electron chi connectivity index (χ2n) is 8.06. The lowest BCUT2D eigenvalue weighted by molar-refractivity contribution is -0.115. The number of hydrogen-bond donors (Lipinski definition) is 1. The highest BCUT2D eigenvalue weighted by Gasteiger charge is 2.32. The third-order valence-electron chi connectivity index (χ3n) is 4.95. The Bertz CT molecular complexity index is 1120. The molecule has 0 atom stereocenters. The van der Waals surface area contributed by atoms with E-state index in [4.69, 9.17) is 20.4 Å². The van der Waals surface area contributed by atoms with Crippen LogP contribution in [0.5, 0.6) is 0 Å². The summed E-state index contributed by atoms with van der Waals surface area (Å²) in [6, 6.07) is 0. The van der Waals surface area contributed by atoms with Gasteiger partial charge in [0.15, 0.2) is 5.16 Å². The lowest BCUT2D eigenvalue weighted by atomic mass is 9.87. The van der Waals surface area contributed by atoms with Crippen molar-refractivity contribution in [2.24, 2.45) is 5.73 Å². The number of carbonyl (C=O) groups excluding carboxylic acids is 1. The third kappa shape index (κ3) is 3.85. The summed E-state index contributed by atoms with van der Waals surface area (Å²) < 4.78 is 7.10. The molecule has 0 saturated carbocycles. The topological polar surface area (TPSA) is 91.0 Å². The van der Waals surface area contributed by atoms with Crippen LogP contribution in [0.25, 0.3) is 20.4 Å². The molecule has 1 aliphatic heterocycles. The number of amides is 1. The van der Waals surface area contributed by atoms with Gasteiger partial charge in [-0.2, -0.15) is 0 Å². The van der Waals surface area contributed by atoms with Crippen LogP contribution in [0.3, 0.4) is 0 Å². The fourth-order valence-electron chi connectivity index (χ4n) is 3.66. The maximum Gasteiger partial charge on any atom is 0.227 e. The first kappa shape index (κ1) is 20.8. The number of aromatic nitrogens is 3. The predicted molar refractivity (Wildman–Crippen MR) is 121 cm³/mol. The van der Waals surface area contributed by atoms with E-state index >= 15 is 0 Å². The van der Waals surface area contributed by atoms with Crippen molar-refractivity contribution in [3.05, 3.63) is 16.8 Å². The molecule has 4 heterocycles. The molecule has 4 rings (SSSR count). The minimum absolute atomic E-state index is 0.192. The lowest BCUT2D eigenvalue weighted by Crippen LogP contribution is -2.32. The first-order valence-corrected chi connectivity index (χ1v) is 12.5. The summed E-state index contributed by atoms with van der Waals surface area (Å²) in [5.74, 6) is 0.141. The Morgan fingerprint density at radius 3 is 2.69 bits per heavy atom. The lowest BCUT2D eigenvalue weighted by Gasteiger charge is -2.33. The normalized spacial score (nSPS) is 15.9. The maximum absolute atomic E-state index is 11.3. The monoisotopic (exact) mass is 448 g/mol. The number of nitrogens with two attached hydrogens (primary N) is 1. The van der Waals surface area contributed by atoms with E-state index in [1.54, 1.807) is 11.3 Å². The van der Waals surface area contributed by atoms with E-state index in [9.17, 15) is 4.79 Å². The van der Waals surface area contributed by atoms with Crippen LogP contribution in [0.15, 0.2) is 10.2 Å². The molecule has 3 aromatic heterocycles. The van der Waals surface area contributed by atoms with Gasteiger partial charge in [0.2, 0.25) is 5.91 Å². The Morgan fingerprint density at radius 2 is 2.03 bits per heavy atom. The minimum atomic E-state index is -0.356. The number of ether oxygens (including phenoxy) is 1. The van der Waals surface area contributed by atoms with Crippen molar-refractivity contribution in [3.63, 3.8) is 0 Å². The minimum Gasteiger partial charge on any atom is -0.370 e.